The Morgan fingerprint density at radius 1 is 1.24 bits per heavy atom. The Balaban J connectivity index is 1.77. The van der Waals surface area contributed by atoms with E-state index in [0.717, 1.165) is 12.0 Å². The van der Waals surface area contributed by atoms with Gasteiger partial charge < -0.3 is 14.6 Å². The van der Waals surface area contributed by atoms with Crippen LogP contribution in [-0.2, 0) is 28.7 Å². The molecule has 0 aliphatic heterocycles. The van der Waals surface area contributed by atoms with E-state index in [-0.39, 0.29) is 30.0 Å². The third kappa shape index (κ3) is 3.50. The first-order chi connectivity index (χ1) is 15.9. The smallest absolute Gasteiger partial charge is 0.306 e. The second kappa shape index (κ2) is 8.43. The fraction of sp³-hybridized carbons (Fsp3) is 0.704. The number of rotatable bonds is 5. The highest BCUT2D eigenvalue weighted by Gasteiger charge is 2.70. The monoisotopic (exact) mass is 472 g/mol. The van der Waals surface area contributed by atoms with Crippen molar-refractivity contribution < 1.29 is 33.8 Å². The maximum absolute atomic E-state index is 13.5. The van der Waals surface area contributed by atoms with E-state index in [1.54, 1.807) is 13.0 Å². The summed E-state index contributed by atoms with van der Waals surface area (Å²) in [6, 6.07) is 0. The van der Waals surface area contributed by atoms with Crippen LogP contribution in [0.1, 0.15) is 73.1 Å². The number of ketones is 2. The van der Waals surface area contributed by atoms with Crippen LogP contribution in [0.5, 0.6) is 0 Å². The van der Waals surface area contributed by atoms with Crippen molar-refractivity contribution in [2.45, 2.75) is 84.8 Å². The first-order valence-electron chi connectivity index (χ1n) is 12.4. The van der Waals surface area contributed by atoms with E-state index in [9.17, 15) is 24.3 Å². The number of aliphatic hydroxyl groups excluding tert-OH is 1. The summed E-state index contributed by atoms with van der Waals surface area (Å²) >= 11 is 0. The molecule has 0 bridgehead atoms. The Bertz CT molecular complexity index is 993. The molecule has 0 saturated heterocycles. The van der Waals surface area contributed by atoms with Crippen molar-refractivity contribution in [3.8, 4) is 0 Å². The van der Waals surface area contributed by atoms with Gasteiger partial charge in [0.2, 0.25) is 5.78 Å². The van der Waals surface area contributed by atoms with E-state index in [4.69, 9.17) is 9.47 Å². The zero-order valence-corrected chi connectivity index (χ0v) is 20.8. The predicted molar refractivity (Wildman–Crippen MR) is 123 cm³/mol. The van der Waals surface area contributed by atoms with Crippen LogP contribution in [0.3, 0.4) is 0 Å². The van der Waals surface area contributed by atoms with Crippen LogP contribution >= 0.6 is 0 Å². The second-order valence-corrected chi connectivity index (χ2v) is 11.1. The molecule has 1 unspecified atom stereocenters. The summed E-state index contributed by atoms with van der Waals surface area (Å²) < 4.78 is 11.0. The van der Waals surface area contributed by atoms with Gasteiger partial charge in [0.05, 0.1) is 6.10 Å². The summed E-state index contributed by atoms with van der Waals surface area (Å²) in [6.07, 6.45) is 5.43. The number of Topliss-reactive ketones (excluding diaryl/α,β-unsaturated/α-hetero) is 1. The number of fused-ring (bicyclic) bond motifs is 5. The summed E-state index contributed by atoms with van der Waals surface area (Å²) in [5.41, 5.74) is -0.375. The zero-order chi connectivity index (χ0) is 25.1. The molecule has 7 nitrogen and oxygen atoms in total. The average molecular weight is 473 g/mol. The van der Waals surface area contributed by atoms with Crippen LogP contribution in [0.15, 0.2) is 23.3 Å². The molecule has 0 aromatic heterocycles. The molecule has 34 heavy (non-hydrogen) atoms. The number of carbonyl (C=O) groups excluding carboxylic acids is 4. The lowest BCUT2D eigenvalue weighted by molar-refractivity contribution is -0.200. The van der Waals surface area contributed by atoms with Gasteiger partial charge >= 0.3 is 11.9 Å². The van der Waals surface area contributed by atoms with Crippen molar-refractivity contribution in [3.05, 3.63) is 23.3 Å². The van der Waals surface area contributed by atoms with Crippen molar-refractivity contribution in [1.29, 1.82) is 0 Å². The van der Waals surface area contributed by atoms with Gasteiger partial charge in [-0.25, -0.2) is 0 Å². The Hall–Kier alpha value is -2.28. The lowest BCUT2D eigenvalue weighted by atomic mass is 9.46. The van der Waals surface area contributed by atoms with E-state index < -0.39 is 46.9 Å². The molecular weight excluding hydrogens is 436 g/mol. The third-order valence-corrected chi connectivity index (χ3v) is 9.37. The van der Waals surface area contributed by atoms with Crippen LogP contribution < -0.4 is 0 Å². The Morgan fingerprint density at radius 2 is 1.94 bits per heavy atom. The quantitative estimate of drug-likeness (QED) is 0.482. The van der Waals surface area contributed by atoms with Crippen molar-refractivity contribution in [2.24, 2.45) is 28.6 Å². The van der Waals surface area contributed by atoms with Crippen LogP contribution in [0, 0.1) is 28.6 Å². The molecule has 0 heterocycles. The summed E-state index contributed by atoms with van der Waals surface area (Å²) in [5, 5.41) is 11.6. The van der Waals surface area contributed by atoms with Gasteiger partial charge in [0.1, 0.15) is 0 Å². The summed E-state index contributed by atoms with van der Waals surface area (Å²) in [6.45, 7) is 8.61. The van der Waals surface area contributed by atoms with Gasteiger partial charge in [-0.1, -0.05) is 38.0 Å². The molecule has 2 fully saturated rings. The van der Waals surface area contributed by atoms with Gasteiger partial charge in [-0.05, 0) is 50.5 Å². The van der Waals surface area contributed by atoms with Gasteiger partial charge in [-0.2, -0.15) is 0 Å². The Labute approximate surface area is 200 Å². The zero-order valence-electron chi connectivity index (χ0n) is 20.8. The molecule has 0 spiro atoms. The fourth-order valence-corrected chi connectivity index (χ4v) is 7.90. The van der Waals surface area contributed by atoms with Gasteiger partial charge in [0, 0.05) is 36.5 Å². The van der Waals surface area contributed by atoms with E-state index in [2.05, 4.69) is 13.8 Å². The van der Waals surface area contributed by atoms with Crippen LogP contribution in [-0.4, -0.2) is 46.9 Å². The average Bonchev–Trinajstić information content (AvgIpc) is 3.05. The number of hydrogen-bond acceptors (Lipinski definition) is 7. The molecular formula is C27H36O7. The molecule has 4 rings (SSSR count). The van der Waals surface area contributed by atoms with Crippen LogP contribution in [0.25, 0.3) is 0 Å². The topological polar surface area (TPSA) is 107 Å². The minimum atomic E-state index is -1.44. The number of hydrogen-bond donors (Lipinski definition) is 1. The lowest BCUT2D eigenvalue weighted by Crippen LogP contribution is -2.63. The summed E-state index contributed by atoms with van der Waals surface area (Å²) in [5.74, 6) is -1.36. The highest BCUT2D eigenvalue weighted by Crippen LogP contribution is 2.68. The maximum Gasteiger partial charge on any atom is 0.306 e. The van der Waals surface area contributed by atoms with Crippen molar-refractivity contribution in [1.82, 2.24) is 0 Å². The lowest BCUT2D eigenvalue weighted by Gasteiger charge is -2.60. The standard InChI is InChI=1S/C27H36O7/c1-6-23(32)34-27(22(31)14-33-16(3)28)10-8-19-18-11-15(2)20-12-17(29)7-9-25(20,4)24(18)21(30)13-26(19,27)5/h7,9,18-19,21,24,30H,6,8,10-14H2,1-5H3/t18-,19?,21-,24+,25-,26-,27-/m0/s1. The highest BCUT2D eigenvalue weighted by molar-refractivity contribution is 5.94. The third-order valence-electron chi connectivity index (χ3n) is 9.37. The van der Waals surface area contributed by atoms with Gasteiger partial charge in [0.25, 0.3) is 0 Å². The van der Waals surface area contributed by atoms with Crippen molar-refractivity contribution >= 4 is 23.5 Å². The number of esters is 2. The first-order valence-corrected chi connectivity index (χ1v) is 12.4. The van der Waals surface area contributed by atoms with E-state index in [1.165, 1.54) is 12.5 Å². The molecule has 7 atom stereocenters. The fourth-order valence-electron chi connectivity index (χ4n) is 7.90. The van der Waals surface area contributed by atoms with Gasteiger partial charge in [-0.3, -0.25) is 19.2 Å². The Kier molecular flexibility index (Phi) is 6.16. The maximum atomic E-state index is 13.5. The second-order valence-electron chi connectivity index (χ2n) is 11.1. The number of aliphatic hydroxyl groups is 1. The molecule has 2 saturated carbocycles. The largest absolute Gasteiger partial charge is 0.458 e. The number of ether oxygens (including phenoxy) is 2. The first kappa shape index (κ1) is 24.8. The summed E-state index contributed by atoms with van der Waals surface area (Å²) in [4.78, 5) is 49.7. The minimum Gasteiger partial charge on any atom is -0.458 e. The van der Waals surface area contributed by atoms with Crippen molar-refractivity contribution in [2.75, 3.05) is 6.61 Å². The minimum absolute atomic E-state index is 0.0335. The molecule has 4 aliphatic carbocycles. The molecule has 1 N–H and O–H groups in total. The Morgan fingerprint density at radius 3 is 2.59 bits per heavy atom. The number of allylic oxidation sites excluding steroid dienone is 4. The molecule has 0 radical (unpaired) electrons. The summed E-state index contributed by atoms with van der Waals surface area (Å²) in [7, 11) is 0. The molecule has 7 heteroatoms. The normalized spacial score (nSPS) is 40.8. The molecule has 0 aromatic carbocycles. The van der Waals surface area contributed by atoms with Crippen molar-refractivity contribution in [3.63, 3.8) is 0 Å². The molecule has 0 aromatic rings. The van der Waals surface area contributed by atoms with E-state index >= 15 is 0 Å². The van der Waals surface area contributed by atoms with Gasteiger partial charge in [-0.15, -0.1) is 0 Å². The van der Waals surface area contributed by atoms with Crippen LogP contribution in [0.4, 0.5) is 0 Å². The number of carbonyl (C=O) groups is 4. The predicted octanol–water partition coefficient (Wildman–Crippen LogP) is 3.48. The SMILES string of the molecule is CCC(=O)O[C@]1(C(=O)COC(C)=O)CCC2[C@@H]3CC(C)=C4CC(=O)C=C[C@]4(C)[C@H]3[C@@H](O)C[C@@]21C. The highest BCUT2D eigenvalue weighted by atomic mass is 16.6. The molecule has 0 amide bonds. The van der Waals surface area contributed by atoms with E-state index in [0.29, 0.717) is 25.7 Å². The van der Waals surface area contributed by atoms with Gasteiger partial charge in [0.15, 0.2) is 18.0 Å². The molecule has 4 aliphatic rings. The van der Waals surface area contributed by atoms with E-state index in [1.807, 2.05) is 13.0 Å². The van der Waals surface area contributed by atoms with Crippen LogP contribution in [0.2, 0.25) is 0 Å². The molecule has 186 valence electrons.